The fourth-order valence-corrected chi connectivity index (χ4v) is 3.79. The zero-order valence-corrected chi connectivity index (χ0v) is 19.3. The van der Waals surface area contributed by atoms with E-state index in [4.69, 9.17) is 4.42 Å². The molecule has 0 fully saturated rings. The Morgan fingerprint density at radius 3 is 2.32 bits per heavy atom. The van der Waals surface area contributed by atoms with Gasteiger partial charge in [-0.1, -0.05) is 25.1 Å². The molecule has 6 heteroatoms. The number of ketones is 1. The number of fused-ring (bicyclic) bond motifs is 1. The van der Waals surface area contributed by atoms with Crippen molar-refractivity contribution in [2.45, 2.75) is 32.7 Å². The molecule has 2 N–H and O–H groups in total. The highest BCUT2D eigenvalue weighted by atomic mass is 19.1. The van der Waals surface area contributed by atoms with Crippen LogP contribution in [0, 0.1) is 5.82 Å². The lowest BCUT2D eigenvalue weighted by atomic mass is 9.97. The van der Waals surface area contributed by atoms with Gasteiger partial charge in [0.2, 0.25) is 0 Å². The summed E-state index contributed by atoms with van der Waals surface area (Å²) in [4.78, 5) is 25.6. The summed E-state index contributed by atoms with van der Waals surface area (Å²) in [6.45, 7) is 5.09. The maximum absolute atomic E-state index is 13.4. The van der Waals surface area contributed by atoms with Crippen molar-refractivity contribution < 1.29 is 23.5 Å². The summed E-state index contributed by atoms with van der Waals surface area (Å²) in [6.07, 6.45) is 0.295. The van der Waals surface area contributed by atoms with E-state index >= 15 is 0 Å². The molecule has 1 aromatic heterocycles. The lowest BCUT2D eigenvalue weighted by Gasteiger charge is -2.23. The van der Waals surface area contributed by atoms with Crippen LogP contribution in [-0.4, -0.2) is 28.9 Å². The van der Waals surface area contributed by atoms with E-state index in [1.807, 2.05) is 18.2 Å². The molecule has 4 aromatic rings. The number of carbonyl (C=O) groups excluding carboxylic acids is 2. The first-order valence-corrected chi connectivity index (χ1v) is 11.1. The smallest absolute Gasteiger partial charge is 0.251 e. The number of aliphatic hydroxyl groups excluding tert-OH is 1. The lowest BCUT2D eigenvalue weighted by Crippen LogP contribution is -2.46. The van der Waals surface area contributed by atoms with E-state index in [1.165, 1.54) is 12.1 Å². The second-order valence-corrected chi connectivity index (χ2v) is 8.88. The van der Waals surface area contributed by atoms with Crippen molar-refractivity contribution in [3.8, 4) is 22.5 Å². The van der Waals surface area contributed by atoms with Gasteiger partial charge in [0.25, 0.3) is 5.91 Å². The van der Waals surface area contributed by atoms with E-state index in [1.54, 1.807) is 57.2 Å². The van der Waals surface area contributed by atoms with Crippen LogP contribution in [0.15, 0.2) is 71.1 Å². The van der Waals surface area contributed by atoms with Crippen LogP contribution in [0.5, 0.6) is 0 Å². The summed E-state index contributed by atoms with van der Waals surface area (Å²) in [5, 5.41) is 12.9. The van der Waals surface area contributed by atoms with E-state index in [9.17, 15) is 19.1 Å². The van der Waals surface area contributed by atoms with Gasteiger partial charge < -0.3 is 14.8 Å². The van der Waals surface area contributed by atoms with Gasteiger partial charge in [0.05, 0.1) is 17.7 Å². The average molecular weight is 460 g/mol. The van der Waals surface area contributed by atoms with Crippen LogP contribution in [0.3, 0.4) is 0 Å². The van der Waals surface area contributed by atoms with Crippen LogP contribution in [0.2, 0.25) is 0 Å². The van der Waals surface area contributed by atoms with Gasteiger partial charge in [-0.3, -0.25) is 9.59 Å². The molecule has 174 valence electrons. The molecule has 0 aliphatic heterocycles. The number of Topliss-reactive ketones (excluding diaryl/α,β-unsaturated/α-hetero) is 1. The Kier molecular flexibility index (Phi) is 6.35. The summed E-state index contributed by atoms with van der Waals surface area (Å²) in [6, 6.07) is 18.6. The van der Waals surface area contributed by atoms with Gasteiger partial charge in [-0.25, -0.2) is 4.39 Å². The summed E-state index contributed by atoms with van der Waals surface area (Å²) in [5.41, 5.74) is 2.98. The van der Waals surface area contributed by atoms with E-state index in [2.05, 4.69) is 5.32 Å². The normalized spacial score (nSPS) is 11.6. The Balaban J connectivity index is 1.79. The topological polar surface area (TPSA) is 79.5 Å². The van der Waals surface area contributed by atoms with Crippen molar-refractivity contribution in [2.75, 3.05) is 6.61 Å². The van der Waals surface area contributed by atoms with Crippen LogP contribution in [0.25, 0.3) is 33.4 Å². The fraction of sp³-hybridized carbons (Fsp3) is 0.214. The van der Waals surface area contributed by atoms with Gasteiger partial charge >= 0.3 is 0 Å². The maximum Gasteiger partial charge on any atom is 0.251 e. The molecule has 0 radical (unpaired) electrons. The Morgan fingerprint density at radius 1 is 0.971 bits per heavy atom. The van der Waals surface area contributed by atoms with Crippen LogP contribution in [0.4, 0.5) is 4.39 Å². The number of aliphatic hydroxyl groups is 1. The number of amides is 1. The molecule has 4 rings (SSSR count). The third-order valence-corrected chi connectivity index (χ3v) is 5.70. The van der Waals surface area contributed by atoms with Crippen LogP contribution in [0.1, 0.15) is 47.9 Å². The van der Waals surface area contributed by atoms with Gasteiger partial charge in [0, 0.05) is 22.9 Å². The first-order chi connectivity index (χ1) is 16.2. The Bertz CT molecular complexity index is 1370. The molecule has 0 aliphatic carbocycles. The number of furan rings is 1. The van der Waals surface area contributed by atoms with Crippen LogP contribution in [-0.2, 0) is 0 Å². The first-order valence-electron chi connectivity index (χ1n) is 11.1. The predicted octanol–water partition coefficient (Wildman–Crippen LogP) is 6.00. The Hall–Kier alpha value is -3.77. The van der Waals surface area contributed by atoms with Gasteiger partial charge in [0.15, 0.2) is 5.78 Å². The summed E-state index contributed by atoms with van der Waals surface area (Å²) in [7, 11) is 0. The number of rotatable bonds is 7. The third-order valence-electron chi connectivity index (χ3n) is 5.70. The van der Waals surface area contributed by atoms with Crippen LogP contribution < -0.4 is 5.32 Å². The van der Waals surface area contributed by atoms with Crippen LogP contribution >= 0.6 is 0 Å². The van der Waals surface area contributed by atoms with Gasteiger partial charge in [-0.2, -0.15) is 0 Å². The molecule has 0 aliphatic rings. The minimum absolute atomic E-state index is 0.0745. The van der Waals surface area contributed by atoms with Crippen molar-refractivity contribution in [3.05, 3.63) is 83.7 Å². The lowest BCUT2D eigenvalue weighted by molar-refractivity contribution is 0.0869. The van der Waals surface area contributed by atoms with Crippen molar-refractivity contribution >= 4 is 22.7 Å². The highest BCUT2D eigenvalue weighted by Crippen LogP contribution is 2.37. The molecule has 3 aromatic carbocycles. The minimum Gasteiger partial charge on any atom is -0.455 e. The third kappa shape index (κ3) is 4.63. The molecular weight excluding hydrogens is 433 g/mol. The number of hydrogen-bond acceptors (Lipinski definition) is 4. The molecule has 1 amide bonds. The zero-order valence-electron chi connectivity index (χ0n) is 19.3. The highest BCUT2D eigenvalue weighted by Gasteiger charge is 2.22. The molecule has 0 bridgehead atoms. The van der Waals surface area contributed by atoms with E-state index in [0.29, 0.717) is 39.8 Å². The van der Waals surface area contributed by atoms with Crippen molar-refractivity contribution in [1.82, 2.24) is 5.32 Å². The van der Waals surface area contributed by atoms with Crippen molar-refractivity contribution in [3.63, 3.8) is 0 Å². The SMILES string of the molecule is CCC(=O)c1c(-c2ccc(F)cc2)oc2ccc(-c3cccc(C(=O)NC(C)(C)CO)c3)cc12. The molecule has 1 heterocycles. The summed E-state index contributed by atoms with van der Waals surface area (Å²) in [5.74, 6) is -0.310. The maximum atomic E-state index is 13.4. The number of halogens is 1. The van der Waals surface area contributed by atoms with Gasteiger partial charge in [-0.15, -0.1) is 0 Å². The minimum atomic E-state index is -0.741. The molecule has 0 saturated carbocycles. The quantitative estimate of drug-likeness (QED) is 0.332. The summed E-state index contributed by atoms with van der Waals surface area (Å²) < 4.78 is 19.5. The predicted molar refractivity (Wildman–Crippen MR) is 130 cm³/mol. The molecule has 0 unspecified atom stereocenters. The number of nitrogens with one attached hydrogen (secondary N) is 1. The Labute approximate surface area is 197 Å². The van der Waals surface area contributed by atoms with Crippen molar-refractivity contribution in [2.24, 2.45) is 0 Å². The molecule has 0 spiro atoms. The molecule has 0 atom stereocenters. The highest BCUT2D eigenvalue weighted by molar-refractivity contribution is 6.12. The number of carbonyl (C=O) groups is 2. The molecule has 5 nitrogen and oxygen atoms in total. The summed E-state index contributed by atoms with van der Waals surface area (Å²) >= 11 is 0. The number of benzene rings is 3. The fourth-order valence-electron chi connectivity index (χ4n) is 3.79. The second kappa shape index (κ2) is 9.23. The largest absolute Gasteiger partial charge is 0.455 e. The molecule has 0 saturated heterocycles. The number of hydrogen-bond donors (Lipinski definition) is 2. The Morgan fingerprint density at radius 2 is 1.65 bits per heavy atom. The van der Waals surface area contributed by atoms with E-state index < -0.39 is 5.54 Å². The average Bonchev–Trinajstić information content (AvgIpc) is 3.22. The van der Waals surface area contributed by atoms with Gasteiger partial charge in [-0.05, 0) is 73.5 Å². The van der Waals surface area contributed by atoms with E-state index in [-0.39, 0.29) is 24.1 Å². The zero-order chi connectivity index (χ0) is 24.5. The molecule has 34 heavy (non-hydrogen) atoms. The van der Waals surface area contributed by atoms with Gasteiger partial charge in [0.1, 0.15) is 17.2 Å². The van der Waals surface area contributed by atoms with Crippen molar-refractivity contribution in [1.29, 1.82) is 0 Å². The molecular formula is C28H26FNO4. The standard InChI is InChI=1S/C28H26FNO4/c1-4-23(32)25-22-15-19(10-13-24(22)34-26(25)17-8-11-21(29)12-9-17)18-6-5-7-20(14-18)27(33)30-28(2,3)16-31/h5-15,31H,4,16H2,1-3H3,(H,30,33). The first kappa shape index (κ1) is 23.4. The monoisotopic (exact) mass is 459 g/mol. The van der Waals surface area contributed by atoms with E-state index in [0.717, 1.165) is 11.1 Å². The second-order valence-electron chi connectivity index (χ2n) is 8.88.